The first-order valence-electron chi connectivity index (χ1n) is 13.4. The maximum atomic E-state index is 13.3. The fourth-order valence-corrected chi connectivity index (χ4v) is 6.01. The molecule has 5 aromatic rings. The van der Waals surface area contributed by atoms with E-state index in [1.54, 1.807) is 38.1 Å². The van der Waals surface area contributed by atoms with Gasteiger partial charge in [-0.3, -0.25) is 9.59 Å². The lowest BCUT2D eigenvalue weighted by molar-refractivity contribution is -0.143. The zero-order valence-electron chi connectivity index (χ0n) is 23.3. The molecule has 214 valence electrons. The number of amides is 1. The molecule has 0 aliphatic heterocycles. The highest BCUT2D eigenvalue weighted by Crippen LogP contribution is 2.35. The smallest absolute Gasteiger partial charge is 0.324 e. The van der Waals surface area contributed by atoms with Crippen molar-refractivity contribution in [1.29, 1.82) is 0 Å². The van der Waals surface area contributed by atoms with Crippen molar-refractivity contribution in [2.45, 2.75) is 24.8 Å². The number of benzene rings is 4. The van der Waals surface area contributed by atoms with E-state index in [1.165, 1.54) is 19.2 Å². The van der Waals surface area contributed by atoms with E-state index in [0.29, 0.717) is 11.3 Å². The largest absolute Gasteiger partial charge is 0.468 e. The molecule has 1 amide bonds. The van der Waals surface area contributed by atoms with Crippen LogP contribution in [0.2, 0.25) is 0 Å². The van der Waals surface area contributed by atoms with Gasteiger partial charge in [0.15, 0.2) is 0 Å². The van der Waals surface area contributed by atoms with Gasteiger partial charge in [0.05, 0.1) is 12.0 Å². The van der Waals surface area contributed by atoms with Crippen molar-refractivity contribution in [2.75, 3.05) is 12.4 Å². The van der Waals surface area contributed by atoms with Gasteiger partial charge in [-0.25, -0.2) is 8.42 Å². The molecule has 0 aliphatic rings. The summed E-state index contributed by atoms with van der Waals surface area (Å²) in [6, 6.07) is 29.7. The van der Waals surface area contributed by atoms with Crippen LogP contribution in [0.4, 0.5) is 5.69 Å². The van der Waals surface area contributed by atoms with E-state index in [2.05, 4.69) is 10.0 Å². The summed E-state index contributed by atoms with van der Waals surface area (Å²) in [5, 5.41) is 3.78. The Hall–Kier alpha value is -4.73. The van der Waals surface area contributed by atoms with Gasteiger partial charge in [-0.15, -0.1) is 0 Å². The Kier molecular flexibility index (Phi) is 8.24. The van der Waals surface area contributed by atoms with Gasteiger partial charge in [-0.2, -0.15) is 4.72 Å². The van der Waals surface area contributed by atoms with Crippen LogP contribution in [0, 0.1) is 5.92 Å². The summed E-state index contributed by atoms with van der Waals surface area (Å²) in [5.41, 5.74) is 4.43. The molecule has 0 bridgehead atoms. The van der Waals surface area contributed by atoms with Crippen molar-refractivity contribution in [2.24, 2.45) is 5.92 Å². The molecule has 0 fully saturated rings. The van der Waals surface area contributed by atoms with Crippen LogP contribution in [0.5, 0.6) is 0 Å². The number of carbonyl (C=O) groups is 2. The highest BCUT2D eigenvalue weighted by Gasteiger charge is 2.29. The average molecular weight is 583 g/mol. The molecule has 9 heteroatoms. The molecular weight excluding hydrogens is 552 g/mol. The fraction of sp³-hybridized carbons (Fsp3) is 0.152. The zero-order chi connectivity index (χ0) is 29.9. The molecule has 0 unspecified atom stereocenters. The summed E-state index contributed by atoms with van der Waals surface area (Å²) in [4.78, 5) is 25.4. The molecular formula is C33H30N2O6S. The number of hydrogen-bond acceptors (Lipinski definition) is 6. The number of para-hydroxylation sites is 1. The van der Waals surface area contributed by atoms with E-state index in [-0.39, 0.29) is 22.5 Å². The van der Waals surface area contributed by atoms with Crippen LogP contribution < -0.4 is 10.0 Å². The number of ether oxygens (including phenoxy) is 1. The van der Waals surface area contributed by atoms with Crippen LogP contribution in [-0.4, -0.2) is 33.4 Å². The highest BCUT2D eigenvalue weighted by molar-refractivity contribution is 7.89. The van der Waals surface area contributed by atoms with Crippen LogP contribution in [-0.2, 0) is 19.6 Å². The molecule has 0 saturated heterocycles. The van der Waals surface area contributed by atoms with Crippen molar-refractivity contribution >= 4 is 38.6 Å². The third kappa shape index (κ3) is 5.97. The Morgan fingerprint density at radius 2 is 1.36 bits per heavy atom. The molecule has 0 spiro atoms. The van der Waals surface area contributed by atoms with E-state index in [1.807, 2.05) is 66.7 Å². The first-order chi connectivity index (χ1) is 20.2. The van der Waals surface area contributed by atoms with Gasteiger partial charge in [-0.1, -0.05) is 86.6 Å². The molecule has 1 heterocycles. The average Bonchev–Trinajstić information content (AvgIpc) is 3.40. The number of esters is 1. The van der Waals surface area contributed by atoms with Crippen LogP contribution in [0.25, 0.3) is 33.2 Å². The van der Waals surface area contributed by atoms with E-state index in [0.717, 1.165) is 27.6 Å². The standard InChI is InChI=1S/C33H30N2O6S/c1-21(2)30(33(37)40-3)35-42(38,39)26-19-15-23(16-20-26)22-13-17-25(18-14-22)34-32(36)31-29(24-9-5-4-6-10-24)27-11-7-8-12-28(27)41-31/h4-21,30,35H,1-3H3,(H,34,36)/t30-/m0/s1. The minimum atomic E-state index is -3.95. The topological polar surface area (TPSA) is 115 Å². The first-order valence-corrected chi connectivity index (χ1v) is 14.8. The predicted octanol–water partition coefficient (Wildman–Crippen LogP) is 6.50. The van der Waals surface area contributed by atoms with Crippen molar-refractivity contribution in [1.82, 2.24) is 4.72 Å². The van der Waals surface area contributed by atoms with Crippen molar-refractivity contribution < 1.29 is 27.2 Å². The van der Waals surface area contributed by atoms with Crippen LogP contribution in [0.3, 0.4) is 0 Å². The van der Waals surface area contributed by atoms with E-state index in [9.17, 15) is 18.0 Å². The Labute approximate surface area is 244 Å². The number of hydrogen-bond donors (Lipinski definition) is 2. The zero-order valence-corrected chi connectivity index (χ0v) is 24.1. The van der Waals surface area contributed by atoms with Gasteiger partial charge in [0.25, 0.3) is 5.91 Å². The second kappa shape index (κ2) is 12.0. The second-order valence-corrected chi connectivity index (χ2v) is 11.8. The van der Waals surface area contributed by atoms with Gasteiger partial charge >= 0.3 is 5.97 Å². The molecule has 0 aliphatic carbocycles. The number of carbonyl (C=O) groups excluding carboxylic acids is 2. The molecule has 1 atom stereocenters. The SMILES string of the molecule is COC(=O)[C@@H](NS(=O)(=O)c1ccc(-c2ccc(NC(=O)c3oc4ccccc4c3-c3ccccc3)cc2)cc1)C(C)C. The van der Waals surface area contributed by atoms with Gasteiger partial charge in [0, 0.05) is 16.6 Å². The maximum Gasteiger partial charge on any atom is 0.324 e. The Morgan fingerprint density at radius 3 is 1.98 bits per heavy atom. The van der Waals surface area contributed by atoms with Gasteiger partial charge in [-0.05, 0) is 52.9 Å². The number of anilines is 1. The summed E-state index contributed by atoms with van der Waals surface area (Å²) >= 11 is 0. The summed E-state index contributed by atoms with van der Waals surface area (Å²) in [6.07, 6.45) is 0. The molecule has 4 aromatic carbocycles. The van der Waals surface area contributed by atoms with Crippen molar-refractivity contribution in [3.63, 3.8) is 0 Å². The lowest BCUT2D eigenvalue weighted by atomic mass is 10.0. The molecule has 2 N–H and O–H groups in total. The maximum absolute atomic E-state index is 13.3. The van der Waals surface area contributed by atoms with Crippen LogP contribution in [0.1, 0.15) is 24.4 Å². The van der Waals surface area contributed by atoms with Crippen LogP contribution in [0.15, 0.2) is 112 Å². The minimum Gasteiger partial charge on any atom is -0.468 e. The van der Waals surface area contributed by atoms with Gasteiger partial charge < -0.3 is 14.5 Å². The van der Waals surface area contributed by atoms with Gasteiger partial charge in [0.1, 0.15) is 11.6 Å². The second-order valence-electron chi connectivity index (χ2n) is 10.1. The van der Waals surface area contributed by atoms with Gasteiger partial charge in [0.2, 0.25) is 15.8 Å². The minimum absolute atomic E-state index is 0.0322. The monoisotopic (exact) mass is 582 g/mol. The predicted molar refractivity (Wildman–Crippen MR) is 162 cm³/mol. The number of furan rings is 1. The lowest BCUT2D eigenvalue weighted by Gasteiger charge is -2.19. The molecule has 0 saturated carbocycles. The van der Waals surface area contributed by atoms with E-state index < -0.39 is 22.0 Å². The summed E-state index contributed by atoms with van der Waals surface area (Å²) in [7, 11) is -2.73. The summed E-state index contributed by atoms with van der Waals surface area (Å²) < 4.78 is 38.9. The fourth-order valence-electron chi connectivity index (χ4n) is 4.68. The number of methoxy groups -OCH3 is 1. The Morgan fingerprint density at radius 1 is 0.762 bits per heavy atom. The molecule has 0 radical (unpaired) electrons. The normalized spacial score (nSPS) is 12.3. The molecule has 8 nitrogen and oxygen atoms in total. The lowest BCUT2D eigenvalue weighted by Crippen LogP contribution is -2.44. The highest BCUT2D eigenvalue weighted by atomic mass is 32.2. The third-order valence-electron chi connectivity index (χ3n) is 6.91. The number of rotatable bonds is 9. The third-order valence-corrected chi connectivity index (χ3v) is 8.37. The molecule has 5 rings (SSSR count). The summed E-state index contributed by atoms with van der Waals surface area (Å²) in [6.45, 7) is 3.47. The summed E-state index contributed by atoms with van der Waals surface area (Å²) in [5.74, 6) is -1.08. The Balaban J connectivity index is 1.33. The first kappa shape index (κ1) is 28.8. The van der Waals surface area contributed by atoms with Crippen LogP contribution >= 0.6 is 0 Å². The van der Waals surface area contributed by atoms with E-state index >= 15 is 0 Å². The number of fused-ring (bicyclic) bond motifs is 1. The quantitative estimate of drug-likeness (QED) is 0.192. The van der Waals surface area contributed by atoms with Crippen molar-refractivity contribution in [3.8, 4) is 22.3 Å². The number of sulfonamides is 1. The van der Waals surface area contributed by atoms with Crippen molar-refractivity contribution in [3.05, 3.63) is 109 Å². The number of nitrogens with one attached hydrogen (secondary N) is 2. The Bertz CT molecular complexity index is 1830. The molecule has 42 heavy (non-hydrogen) atoms. The van der Waals surface area contributed by atoms with E-state index in [4.69, 9.17) is 9.15 Å². The molecule has 1 aromatic heterocycles.